The summed E-state index contributed by atoms with van der Waals surface area (Å²) in [4.78, 5) is 2.57. The van der Waals surface area contributed by atoms with Gasteiger partial charge in [-0.05, 0) is 82.1 Å². The third-order valence-electron chi connectivity index (χ3n) is 8.19. The molecule has 0 radical (unpaired) electrons. The fourth-order valence-electron chi connectivity index (χ4n) is 6.19. The maximum Gasteiger partial charge on any atom is 0.130 e. The molecule has 0 saturated carbocycles. The number of fused-ring (bicyclic) bond motifs is 4. The highest BCUT2D eigenvalue weighted by Gasteiger charge is 2.35. The Bertz CT molecular complexity index is 1820. The lowest BCUT2D eigenvalue weighted by Crippen LogP contribution is -2.26. The number of benzene rings is 5. The fourth-order valence-corrected chi connectivity index (χ4v) is 7.27. The number of thiophene rings is 1. The standard InChI is InChI=1S/C37H34N2S/c1-23(2)29-21-27(25-12-6-5-7-13-25)22-30(24(3)4)36(29)39-33-16-10-9-15-32(33)38-37(39)26-18-19-35-31(20-26)28-14-8-11-17-34(28)40-35/h5-24,37-38H,1-4H3. The van der Waals surface area contributed by atoms with Gasteiger partial charge in [-0.25, -0.2) is 0 Å². The van der Waals surface area contributed by atoms with Crippen LogP contribution in [0.4, 0.5) is 17.1 Å². The quantitative estimate of drug-likeness (QED) is 0.235. The van der Waals surface area contributed by atoms with Crippen LogP contribution in [-0.2, 0) is 0 Å². The summed E-state index contributed by atoms with van der Waals surface area (Å²) in [5, 5.41) is 6.59. The van der Waals surface area contributed by atoms with Crippen LogP contribution in [0, 0.1) is 0 Å². The zero-order valence-electron chi connectivity index (χ0n) is 23.5. The topological polar surface area (TPSA) is 15.3 Å². The largest absolute Gasteiger partial charge is 0.359 e. The summed E-state index contributed by atoms with van der Waals surface area (Å²) in [6.07, 6.45) is -0.00182. The van der Waals surface area contributed by atoms with Crippen LogP contribution in [0.5, 0.6) is 0 Å². The van der Waals surface area contributed by atoms with Crippen LogP contribution in [-0.4, -0.2) is 0 Å². The minimum atomic E-state index is -0.00182. The van der Waals surface area contributed by atoms with Crippen LogP contribution in [0.1, 0.15) is 62.4 Å². The van der Waals surface area contributed by atoms with Crippen molar-refractivity contribution in [3.63, 3.8) is 0 Å². The van der Waals surface area contributed by atoms with Gasteiger partial charge >= 0.3 is 0 Å². The van der Waals surface area contributed by atoms with E-state index in [0.717, 1.165) is 0 Å². The summed E-state index contributed by atoms with van der Waals surface area (Å²) in [6, 6.07) is 40.2. The maximum atomic E-state index is 3.91. The lowest BCUT2D eigenvalue weighted by atomic mass is 9.87. The summed E-state index contributed by atoms with van der Waals surface area (Å²) in [6.45, 7) is 9.30. The zero-order chi connectivity index (χ0) is 27.4. The molecule has 0 spiro atoms. The second-order valence-electron chi connectivity index (χ2n) is 11.5. The second-order valence-corrected chi connectivity index (χ2v) is 12.6. The first-order valence-corrected chi connectivity index (χ1v) is 15.1. The van der Waals surface area contributed by atoms with E-state index in [1.807, 2.05) is 11.3 Å². The van der Waals surface area contributed by atoms with Crippen LogP contribution in [0.25, 0.3) is 31.3 Å². The summed E-state index contributed by atoms with van der Waals surface area (Å²) in [7, 11) is 0. The van der Waals surface area contributed by atoms with Crippen molar-refractivity contribution >= 4 is 48.6 Å². The molecule has 1 atom stereocenters. The molecule has 3 heteroatoms. The molecule has 40 heavy (non-hydrogen) atoms. The first-order valence-electron chi connectivity index (χ1n) is 14.3. The van der Waals surface area contributed by atoms with Crippen LogP contribution in [0.15, 0.2) is 109 Å². The fraction of sp³-hybridized carbons (Fsp3) is 0.189. The Balaban J connectivity index is 1.46. The van der Waals surface area contributed by atoms with Crippen LogP contribution in [0.3, 0.4) is 0 Å². The minimum Gasteiger partial charge on any atom is -0.359 e. The summed E-state index contributed by atoms with van der Waals surface area (Å²) >= 11 is 1.88. The predicted octanol–water partition coefficient (Wildman–Crippen LogP) is 11.2. The molecule has 0 saturated heterocycles. The lowest BCUT2D eigenvalue weighted by molar-refractivity contribution is 0.777. The predicted molar refractivity (Wildman–Crippen MR) is 174 cm³/mol. The van der Waals surface area contributed by atoms with Gasteiger partial charge in [0, 0.05) is 20.2 Å². The molecule has 0 fully saturated rings. The van der Waals surface area contributed by atoms with Crippen molar-refractivity contribution in [2.75, 3.05) is 10.2 Å². The minimum absolute atomic E-state index is 0.00182. The monoisotopic (exact) mass is 538 g/mol. The van der Waals surface area contributed by atoms with Gasteiger partial charge in [-0.2, -0.15) is 0 Å². The molecule has 5 aromatic carbocycles. The van der Waals surface area contributed by atoms with Gasteiger partial charge in [0.1, 0.15) is 6.17 Å². The molecule has 1 aromatic heterocycles. The number of hydrogen-bond donors (Lipinski definition) is 1. The summed E-state index contributed by atoms with van der Waals surface area (Å²) < 4.78 is 2.68. The van der Waals surface area contributed by atoms with Crippen molar-refractivity contribution in [1.29, 1.82) is 0 Å². The smallest absolute Gasteiger partial charge is 0.130 e. The number of para-hydroxylation sites is 2. The average Bonchev–Trinajstić information content (AvgIpc) is 3.55. The first-order chi connectivity index (χ1) is 19.5. The highest BCUT2D eigenvalue weighted by atomic mass is 32.1. The van der Waals surface area contributed by atoms with E-state index in [4.69, 9.17) is 0 Å². The Morgan fingerprint density at radius 3 is 2.02 bits per heavy atom. The molecule has 198 valence electrons. The third-order valence-corrected chi connectivity index (χ3v) is 9.34. The zero-order valence-corrected chi connectivity index (χ0v) is 24.3. The number of hydrogen-bond acceptors (Lipinski definition) is 3. The van der Waals surface area contributed by atoms with E-state index in [-0.39, 0.29) is 6.17 Å². The Labute approximate surface area is 240 Å². The van der Waals surface area contributed by atoms with E-state index in [0.29, 0.717) is 11.8 Å². The molecular weight excluding hydrogens is 504 g/mol. The molecule has 0 amide bonds. The van der Waals surface area contributed by atoms with E-state index in [9.17, 15) is 0 Å². The van der Waals surface area contributed by atoms with Crippen molar-refractivity contribution < 1.29 is 0 Å². The molecule has 1 N–H and O–H groups in total. The van der Waals surface area contributed by atoms with Gasteiger partial charge in [0.2, 0.25) is 0 Å². The molecule has 1 unspecified atom stereocenters. The molecule has 0 aliphatic carbocycles. The number of rotatable bonds is 5. The van der Waals surface area contributed by atoms with Crippen molar-refractivity contribution in [1.82, 2.24) is 0 Å². The molecule has 6 aromatic rings. The summed E-state index contributed by atoms with van der Waals surface area (Å²) in [5.41, 5.74) is 10.4. The highest BCUT2D eigenvalue weighted by Crippen LogP contribution is 2.51. The first kappa shape index (κ1) is 24.9. The van der Waals surface area contributed by atoms with Gasteiger partial charge in [0.25, 0.3) is 0 Å². The van der Waals surface area contributed by atoms with Gasteiger partial charge in [-0.15, -0.1) is 11.3 Å². The Morgan fingerprint density at radius 2 is 1.27 bits per heavy atom. The maximum absolute atomic E-state index is 3.91. The van der Waals surface area contributed by atoms with Crippen molar-refractivity contribution in [2.24, 2.45) is 0 Å². The van der Waals surface area contributed by atoms with Crippen LogP contribution < -0.4 is 10.2 Å². The molecule has 2 nitrogen and oxygen atoms in total. The van der Waals surface area contributed by atoms with Crippen LogP contribution in [0.2, 0.25) is 0 Å². The number of anilines is 3. The van der Waals surface area contributed by atoms with E-state index >= 15 is 0 Å². The molecule has 1 aliphatic heterocycles. The van der Waals surface area contributed by atoms with Crippen LogP contribution >= 0.6 is 11.3 Å². The van der Waals surface area contributed by atoms with E-state index in [1.54, 1.807) is 0 Å². The Morgan fingerprint density at radius 1 is 0.625 bits per heavy atom. The molecular formula is C37H34N2S. The van der Waals surface area contributed by atoms with Gasteiger partial charge in [-0.3, -0.25) is 0 Å². The number of nitrogens with zero attached hydrogens (tertiary/aromatic N) is 1. The van der Waals surface area contributed by atoms with Gasteiger partial charge < -0.3 is 10.2 Å². The van der Waals surface area contributed by atoms with Crippen molar-refractivity contribution in [3.05, 3.63) is 126 Å². The Hall–Kier alpha value is -4.08. The SMILES string of the molecule is CC(C)c1cc(-c2ccccc2)cc(C(C)C)c1N1c2ccccc2NC1c1ccc2sc3ccccc3c2c1. The molecule has 0 bridgehead atoms. The van der Waals surface area contributed by atoms with Gasteiger partial charge in [-0.1, -0.05) is 94.4 Å². The third kappa shape index (κ3) is 4.08. The number of nitrogens with one attached hydrogen (secondary N) is 1. The van der Waals surface area contributed by atoms with E-state index in [1.165, 1.54) is 65.1 Å². The van der Waals surface area contributed by atoms with E-state index < -0.39 is 0 Å². The average molecular weight is 539 g/mol. The second kappa shape index (κ2) is 9.83. The highest BCUT2D eigenvalue weighted by molar-refractivity contribution is 7.25. The molecule has 1 aliphatic rings. The summed E-state index contributed by atoms with van der Waals surface area (Å²) in [5.74, 6) is 0.737. The Kier molecular flexibility index (Phi) is 6.13. The molecule has 7 rings (SSSR count). The molecule has 2 heterocycles. The normalized spacial score (nSPS) is 14.8. The van der Waals surface area contributed by atoms with E-state index in [2.05, 4.69) is 147 Å². The van der Waals surface area contributed by atoms with Gasteiger partial charge in [0.05, 0.1) is 17.1 Å². The van der Waals surface area contributed by atoms with Gasteiger partial charge in [0.15, 0.2) is 0 Å². The lowest BCUT2D eigenvalue weighted by Gasteiger charge is -2.34. The van der Waals surface area contributed by atoms with Crippen molar-refractivity contribution in [3.8, 4) is 11.1 Å². The van der Waals surface area contributed by atoms with Crippen molar-refractivity contribution in [2.45, 2.75) is 45.7 Å².